The van der Waals surface area contributed by atoms with E-state index in [1.165, 1.54) is 0 Å². The van der Waals surface area contributed by atoms with Gasteiger partial charge in [0.15, 0.2) is 5.82 Å². The second kappa shape index (κ2) is 8.11. The summed E-state index contributed by atoms with van der Waals surface area (Å²) in [4.78, 5) is 17.0. The molecule has 0 aliphatic carbocycles. The van der Waals surface area contributed by atoms with Crippen LogP contribution in [0.4, 0.5) is 5.69 Å². The summed E-state index contributed by atoms with van der Waals surface area (Å²) in [6.45, 7) is 5.89. The van der Waals surface area contributed by atoms with E-state index in [9.17, 15) is 4.79 Å². The molecule has 1 N–H and O–H groups in total. The standard InChI is InChI=1S/C20H19Cl2N3O2/c1-11(2)19-24-20(27-25-19)15-6-4-5-12(3)18(15)23-17(26)9-13-7-8-14(21)10-16(13)22/h4-8,10-11H,9H2,1-3H3,(H,23,26). The van der Waals surface area contributed by atoms with Gasteiger partial charge in [-0.05, 0) is 36.2 Å². The quantitative estimate of drug-likeness (QED) is 0.596. The summed E-state index contributed by atoms with van der Waals surface area (Å²) in [5.74, 6) is 0.953. The van der Waals surface area contributed by atoms with Gasteiger partial charge in [-0.25, -0.2) is 0 Å². The van der Waals surface area contributed by atoms with Crippen molar-refractivity contribution in [3.05, 3.63) is 63.4 Å². The van der Waals surface area contributed by atoms with Gasteiger partial charge in [-0.2, -0.15) is 4.98 Å². The van der Waals surface area contributed by atoms with Gasteiger partial charge >= 0.3 is 0 Å². The number of hydrogen-bond donors (Lipinski definition) is 1. The minimum Gasteiger partial charge on any atom is -0.334 e. The molecule has 0 saturated carbocycles. The highest BCUT2D eigenvalue weighted by molar-refractivity contribution is 6.35. The van der Waals surface area contributed by atoms with Crippen LogP contribution >= 0.6 is 23.2 Å². The zero-order chi connectivity index (χ0) is 19.6. The van der Waals surface area contributed by atoms with Gasteiger partial charge in [0.2, 0.25) is 5.91 Å². The van der Waals surface area contributed by atoms with Crippen molar-refractivity contribution < 1.29 is 9.32 Å². The summed E-state index contributed by atoms with van der Waals surface area (Å²) in [5, 5.41) is 7.94. The zero-order valence-corrected chi connectivity index (χ0v) is 16.7. The van der Waals surface area contributed by atoms with Crippen molar-refractivity contribution in [2.45, 2.75) is 33.1 Å². The number of nitrogens with zero attached hydrogens (tertiary/aromatic N) is 2. The van der Waals surface area contributed by atoms with Crippen molar-refractivity contribution in [1.29, 1.82) is 0 Å². The molecule has 0 saturated heterocycles. The SMILES string of the molecule is Cc1cccc(-c2nc(C(C)C)no2)c1NC(=O)Cc1ccc(Cl)cc1Cl. The molecule has 1 amide bonds. The molecule has 27 heavy (non-hydrogen) atoms. The van der Waals surface area contributed by atoms with Crippen molar-refractivity contribution >= 4 is 34.8 Å². The number of aryl methyl sites for hydroxylation is 1. The monoisotopic (exact) mass is 403 g/mol. The minimum atomic E-state index is -0.196. The summed E-state index contributed by atoms with van der Waals surface area (Å²) in [6.07, 6.45) is 0.130. The molecule has 0 atom stereocenters. The number of carbonyl (C=O) groups excluding carboxylic acids is 1. The van der Waals surface area contributed by atoms with Gasteiger partial charge in [0, 0.05) is 16.0 Å². The van der Waals surface area contributed by atoms with E-state index in [2.05, 4.69) is 15.5 Å². The molecular weight excluding hydrogens is 385 g/mol. The third-order valence-electron chi connectivity index (χ3n) is 4.09. The molecule has 3 rings (SSSR count). The van der Waals surface area contributed by atoms with Crippen molar-refractivity contribution in [3.8, 4) is 11.5 Å². The van der Waals surface area contributed by atoms with Crippen molar-refractivity contribution in [3.63, 3.8) is 0 Å². The maximum absolute atomic E-state index is 12.6. The second-order valence-electron chi connectivity index (χ2n) is 6.57. The van der Waals surface area contributed by atoms with E-state index < -0.39 is 0 Å². The van der Waals surface area contributed by atoms with E-state index >= 15 is 0 Å². The van der Waals surface area contributed by atoms with E-state index in [1.54, 1.807) is 18.2 Å². The Bertz CT molecular complexity index is 983. The number of nitrogens with one attached hydrogen (secondary N) is 1. The van der Waals surface area contributed by atoms with E-state index in [1.807, 2.05) is 39.0 Å². The van der Waals surface area contributed by atoms with Crippen LogP contribution in [0.5, 0.6) is 0 Å². The van der Waals surface area contributed by atoms with Gasteiger partial charge < -0.3 is 9.84 Å². The van der Waals surface area contributed by atoms with Crippen LogP contribution in [0.15, 0.2) is 40.9 Å². The molecule has 0 bridgehead atoms. The lowest BCUT2D eigenvalue weighted by Crippen LogP contribution is -2.16. The van der Waals surface area contributed by atoms with Crippen LogP contribution in [-0.2, 0) is 11.2 Å². The van der Waals surface area contributed by atoms with E-state index in [0.717, 1.165) is 5.56 Å². The number of carbonyl (C=O) groups is 1. The number of para-hydroxylation sites is 1. The molecule has 0 fully saturated rings. The van der Waals surface area contributed by atoms with Crippen LogP contribution in [0.25, 0.3) is 11.5 Å². The number of hydrogen-bond acceptors (Lipinski definition) is 4. The summed E-state index contributed by atoms with van der Waals surface area (Å²) >= 11 is 12.1. The zero-order valence-electron chi connectivity index (χ0n) is 15.2. The van der Waals surface area contributed by atoms with E-state index in [4.69, 9.17) is 27.7 Å². The van der Waals surface area contributed by atoms with E-state index in [0.29, 0.717) is 38.6 Å². The van der Waals surface area contributed by atoms with E-state index in [-0.39, 0.29) is 18.2 Å². The highest BCUT2D eigenvalue weighted by Gasteiger charge is 2.18. The van der Waals surface area contributed by atoms with Crippen molar-refractivity contribution in [2.75, 3.05) is 5.32 Å². The van der Waals surface area contributed by atoms with Crippen LogP contribution in [0.1, 0.15) is 36.7 Å². The fourth-order valence-electron chi connectivity index (χ4n) is 2.61. The first kappa shape index (κ1) is 19.4. The molecule has 0 aliphatic rings. The Morgan fingerprint density at radius 2 is 2.00 bits per heavy atom. The molecular formula is C20H19Cl2N3O2. The van der Waals surface area contributed by atoms with Gasteiger partial charge in [-0.3, -0.25) is 4.79 Å². The largest absolute Gasteiger partial charge is 0.334 e. The summed E-state index contributed by atoms with van der Waals surface area (Å²) in [7, 11) is 0. The molecule has 0 spiro atoms. The Hall–Kier alpha value is -2.37. The van der Waals surface area contributed by atoms with Gasteiger partial charge in [0.1, 0.15) is 0 Å². The molecule has 1 aromatic heterocycles. The maximum atomic E-state index is 12.6. The number of benzene rings is 2. The topological polar surface area (TPSA) is 68.0 Å². The average Bonchev–Trinajstić information content (AvgIpc) is 3.09. The smallest absolute Gasteiger partial charge is 0.260 e. The first-order chi connectivity index (χ1) is 12.8. The molecule has 0 aliphatic heterocycles. The lowest BCUT2D eigenvalue weighted by molar-refractivity contribution is -0.115. The number of halogens is 2. The minimum absolute atomic E-state index is 0.130. The summed E-state index contributed by atoms with van der Waals surface area (Å²) in [6, 6.07) is 10.7. The third kappa shape index (κ3) is 4.49. The molecule has 1 heterocycles. The molecule has 140 valence electrons. The number of amides is 1. The molecule has 5 nitrogen and oxygen atoms in total. The molecule has 7 heteroatoms. The first-order valence-electron chi connectivity index (χ1n) is 8.52. The van der Waals surface area contributed by atoms with Gasteiger partial charge in [0.05, 0.1) is 17.7 Å². The molecule has 3 aromatic rings. The van der Waals surface area contributed by atoms with Crippen LogP contribution in [0.3, 0.4) is 0 Å². The predicted molar refractivity (Wildman–Crippen MR) is 107 cm³/mol. The number of anilines is 1. The van der Waals surface area contributed by atoms with Gasteiger partial charge in [-0.15, -0.1) is 0 Å². The van der Waals surface area contributed by atoms with Crippen LogP contribution < -0.4 is 5.32 Å². The molecule has 0 radical (unpaired) electrons. The third-order valence-corrected chi connectivity index (χ3v) is 4.68. The maximum Gasteiger partial charge on any atom is 0.260 e. The Labute approximate surface area is 167 Å². The highest BCUT2D eigenvalue weighted by atomic mass is 35.5. The molecule has 2 aromatic carbocycles. The fourth-order valence-corrected chi connectivity index (χ4v) is 3.09. The Balaban J connectivity index is 1.86. The predicted octanol–water partition coefficient (Wildman–Crippen LogP) is 5.66. The highest BCUT2D eigenvalue weighted by Crippen LogP contribution is 2.31. The Kier molecular flexibility index (Phi) is 5.82. The van der Waals surface area contributed by atoms with Gasteiger partial charge in [0.25, 0.3) is 5.89 Å². The summed E-state index contributed by atoms with van der Waals surface area (Å²) in [5.41, 5.74) is 2.93. The van der Waals surface area contributed by atoms with Crippen LogP contribution in [0, 0.1) is 6.92 Å². The van der Waals surface area contributed by atoms with Gasteiger partial charge in [-0.1, -0.05) is 60.4 Å². The van der Waals surface area contributed by atoms with Crippen molar-refractivity contribution in [2.24, 2.45) is 0 Å². The lowest BCUT2D eigenvalue weighted by Gasteiger charge is -2.12. The lowest BCUT2D eigenvalue weighted by atomic mass is 10.1. The Morgan fingerprint density at radius 1 is 1.22 bits per heavy atom. The van der Waals surface area contributed by atoms with Crippen molar-refractivity contribution in [1.82, 2.24) is 10.1 Å². The second-order valence-corrected chi connectivity index (χ2v) is 7.41. The first-order valence-corrected chi connectivity index (χ1v) is 9.28. The van der Waals surface area contributed by atoms with Crippen LogP contribution in [-0.4, -0.2) is 16.0 Å². The Morgan fingerprint density at radius 3 is 2.67 bits per heavy atom. The molecule has 0 unspecified atom stereocenters. The number of rotatable bonds is 5. The summed E-state index contributed by atoms with van der Waals surface area (Å²) < 4.78 is 5.39. The fraction of sp³-hybridized carbons (Fsp3) is 0.250. The normalized spacial score (nSPS) is 11.0. The average molecular weight is 404 g/mol. The van der Waals surface area contributed by atoms with Crippen LogP contribution in [0.2, 0.25) is 10.0 Å². The number of aromatic nitrogens is 2.